The summed E-state index contributed by atoms with van der Waals surface area (Å²) in [5.41, 5.74) is 4.92. The molecule has 0 aromatic carbocycles. The average Bonchev–Trinajstić information content (AvgIpc) is 2.20. The van der Waals surface area contributed by atoms with Gasteiger partial charge in [0.05, 0.1) is 18.6 Å². The van der Waals surface area contributed by atoms with E-state index in [1.807, 2.05) is 12.1 Å². The lowest BCUT2D eigenvalue weighted by Crippen LogP contribution is -2.24. The molecule has 0 fully saturated rings. The molecule has 14 heavy (non-hydrogen) atoms. The van der Waals surface area contributed by atoms with E-state index in [2.05, 4.69) is 5.32 Å². The molecule has 6 heteroatoms. The zero-order valence-electron chi connectivity index (χ0n) is 7.79. The van der Waals surface area contributed by atoms with Crippen LogP contribution in [0, 0.1) is 22.7 Å². The lowest BCUT2D eigenvalue weighted by Gasteiger charge is -1.95. The highest BCUT2D eigenvalue weighted by Gasteiger charge is 1.93. The number of nitrogens with one attached hydrogen (secondary N) is 1. The normalized spacial score (nSPS) is 7.43. The Bertz CT molecular complexity index is 218. The summed E-state index contributed by atoms with van der Waals surface area (Å²) in [5.74, 6) is -0.266. The molecule has 5 nitrogen and oxygen atoms in total. The first-order valence-electron chi connectivity index (χ1n) is 3.99. The molecule has 0 saturated carbocycles. The van der Waals surface area contributed by atoms with Crippen LogP contribution in [0.5, 0.6) is 0 Å². The van der Waals surface area contributed by atoms with E-state index >= 15 is 0 Å². The average molecular weight is 217 g/mol. The van der Waals surface area contributed by atoms with Gasteiger partial charge in [-0.05, 0) is 0 Å². The van der Waals surface area contributed by atoms with E-state index in [0.29, 0.717) is 25.9 Å². The molecule has 0 bridgehead atoms. The SMILES string of the molecule is N#CCCN.N#CCCNC(=O)CCl. The lowest BCUT2D eigenvalue weighted by molar-refractivity contribution is -0.118. The summed E-state index contributed by atoms with van der Waals surface area (Å²) in [6, 6.07) is 3.78. The molecule has 0 atom stereocenters. The van der Waals surface area contributed by atoms with Crippen LogP contribution in [0.1, 0.15) is 12.8 Å². The molecule has 3 N–H and O–H groups in total. The van der Waals surface area contributed by atoms with E-state index in [9.17, 15) is 4.79 Å². The van der Waals surface area contributed by atoms with Gasteiger partial charge in [-0.3, -0.25) is 4.79 Å². The standard InChI is InChI=1S/C5H7ClN2O.C3H6N2/c6-4-5(9)8-3-1-2-7;4-2-1-3-5/h1,3-4H2,(H,8,9);1-2,4H2. The summed E-state index contributed by atoms with van der Waals surface area (Å²) < 4.78 is 0. The van der Waals surface area contributed by atoms with Gasteiger partial charge < -0.3 is 11.1 Å². The summed E-state index contributed by atoms with van der Waals surface area (Å²) in [6.45, 7) is 0.874. The Labute approximate surface area is 88.4 Å². The van der Waals surface area contributed by atoms with Crippen LogP contribution < -0.4 is 11.1 Å². The van der Waals surface area contributed by atoms with Crippen molar-refractivity contribution >= 4 is 17.5 Å². The zero-order chi connectivity index (χ0) is 11.2. The molecule has 0 rings (SSSR count). The quantitative estimate of drug-likeness (QED) is 0.514. The fourth-order valence-corrected chi connectivity index (χ4v) is 0.464. The maximum Gasteiger partial charge on any atom is 0.234 e. The number of hydrogen-bond donors (Lipinski definition) is 2. The first-order chi connectivity index (χ1) is 6.72. The second-order valence-electron chi connectivity index (χ2n) is 2.09. The molecule has 0 spiro atoms. The second-order valence-corrected chi connectivity index (χ2v) is 2.36. The van der Waals surface area contributed by atoms with Crippen LogP contribution in [-0.2, 0) is 4.79 Å². The largest absolute Gasteiger partial charge is 0.354 e. The van der Waals surface area contributed by atoms with E-state index in [1.165, 1.54) is 0 Å². The fourth-order valence-electron chi connectivity index (χ4n) is 0.370. The number of nitrogens with two attached hydrogens (primary N) is 1. The monoisotopic (exact) mass is 216 g/mol. The number of amides is 1. The van der Waals surface area contributed by atoms with Gasteiger partial charge in [0.2, 0.25) is 5.91 Å². The highest BCUT2D eigenvalue weighted by Crippen LogP contribution is 1.75. The minimum Gasteiger partial charge on any atom is -0.354 e. The van der Waals surface area contributed by atoms with E-state index in [4.69, 9.17) is 27.9 Å². The molecular weight excluding hydrogens is 204 g/mol. The Hall–Kier alpha value is -1.30. The molecule has 0 unspecified atom stereocenters. The Balaban J connectivity index is 0. The van der Waals surface area contributed by atoms with E-state index in [1.54, 1.807) is 0 Å². The molecule has 0 heterocycles. The summed E-state index contributed by atoms with van der Waals surface area (Å²) in [4.78, 5) is 10.3. The van der Waals surface area contributed by atoms with Crippen LogP contribution in [0.25, 0.3) is 0 Å². The molecule has 0 aromatic rings. The number of rotatable bonds is 4. The van der Waals surface area contributed by atoms with Crippen LogP contribution in [0.2, 0.25) is 0 Å². The Kier molecular flexibility index (Phi) is 15.4. The van der Waals surface area contributed by atoms with Crippen LogP contribution in [-0.4, -0.2) is 24.9 Å². The highest BCUT2D eigenvalue weighted by molar-refractivity contribution is 6.27. The summed E-state index contributed by atoms with van der Waals surface area (Å²) >= 11 is 5.14. The van der Waals surface area contributed by atoms with Crippen molar-refractivity contribution in [3.05, 3.63) is 0 Å². The van der Waals surface area contributed by atoms with Crippen molar-refractivity contribution in [2.45, 2.75) is 12.8 Å². The number of hydrogen-bond acceptors (Lipinski definition) is 4. The van der Waals surface area contributed by atoms with E-state index in [-0.39, 0.29) is 11.8 Å². The third-order valence-corrected chi connectivity index (χ3v) is 1.18. The Morgan fingerprint density at radius 2 is 1.93 bits per heavy atom. The van der Waals surface area contributed by atoms with Gasteiger partial charge >= 0.3 is 0 Å². The van der Waals surface area contributed by atoms with Gasteiger partial charge in [-0.2, -0.15) is 10.5 Å². The van der Waals surface area contributed by atoms with Gasteiger partial charge in [-0.25, -0.2) is 0 Å². The van der Waals surface area contributed by atoms with Gasteiger partial charge in [0.25, 0.3) is 0 Å². The number of carbonyl (C=O) groups excluding carboxylic acids is 1. The maximum atomic E-state index is 10.3. The predicted molar refractivity (Wildman–Crippen MR) is 53.2 cm³/mol. The molecule has 78 valence electrons. The summed E-state index contributed by atoms with van der Waals surface area (Å²) in [6.07, 6.45) is 0.808. The van der Waals surface area contributed by atoms with E-state index in [0.717, 1.165) is 0 Å². The molecular formula is C8H13ClN4O. The van der Waals surface area contributed by atoms with E-state index < -0.39 is 0 Å². The number of alkyl halides is 1. The van der Waals surface area contributed by atoms with Crippen molar-refractivity contribution in [1.29, 1.82) is 10.5 Å². The van der Waals surface area contributed by atoms with Crippen molar-refractivity contribution < 1.29 is 4.79 Å². The molecule has 0 aliphatic carbocycles. The van der Waals surface area contributed by atoms with Crippen LogP contribution >= 0.6 is 11.6 Å². The van der Waals surface area contributed by atoms with Crippen molar-refractivity contribution in [3.8, 4) is 12.1 Å². The van der Waals surface area contributed by atoms with Gasteiger partial charge in [0.15, 0.2) is 0 Å². The van der Waals surface area contributed by atoms with Crippen LogP contribution in [0.15, 0.2) is 0 Å². The Morgan fingerprint density at radius 1 is 1.36 bits per heavy atom. The number of nitriles is 2. The maximum absolute atomic E-state index is 10.3. The fraction of sp³-hybridized carbons (Fsp3) is 0.625. The summed E-state index contributed by atoms with van der Waals surface area (Å²) in [5, 5.41) is 18.2. The van der Waals surface area contributed by atoms with Crippen LogP contribution in [0.3, 0.4) is 0 Å². The third-order valence-electron chi connectivity index (χ3n) is 0.936. The van der Waals surface area contributed by atoms with Gasteiger partial charge in [-0.1, -0.05) is 0 Å². The highest BCUT2D eigenvalue weighted by atomic mass is 35.5. The molecule has 0 aliphatic rings. The first-order valence-corrected chi connectivity index (χ1v) is 4.53. The van der Waals surface area contributed by atoms with Crippen molar-refractivity contribution in [2.24, 2.45) is 5.73 Å². The number of carbonyl (C=O) groups is 1. The Morgan fingerprint density at radius 3 is 2.21 bits per heavy atom. The third kappa shape index (κ3) is 17.0. The summed E-state index contributed by atoms with van der Waals surface area (Å²) in [7, 11) is 0. The number of halogens is 1. The molecule has 0 radical (unpaired) electrons. The lowest BCUT2D eigenvalue weighted by atomic mass is 10.4. The van der Waals surface area contributed by atoms with Crippen LogP contribution in [0.4, 0.5) is 0 Å². The molecule has 0 aromatic heterocycles. The van der Waals surface area contributed by atoms with Crippen molar-refractivity contribution in [2.75, 3.05) is 19.0 Å². The van der Waals surface area contributed by atoms with Gasteiger partial charge in [0.1, 0.15) is 5.88 Å². The minimum absolute atomic E-state index is 0.0363. The van der Waals surface area contributed by atoms with Crippen molar-refractivity contribution in [3.63, 3.8) is 0 Å². The van der Waals surface area contributed by atoms with Crippen molar-refractivity contribution in [1.82, 2.24) is 5.32 Å². The zero-order valence-corrected chi connectivity index (χ0v) is 8.55. The second kappa shape index (κ2) is 14.2. The first kappa shape index (κ1) is 15.2. The number of nitrogens with zero attached hydrogens (tertiary/aromatic N) is 2. The molecule has 0 aliphatic heterocycles. The smallest absolute Gasteiger partial charge is 0.234 e. The minimum atomic E-state index is -0.230. The van der Waals surface area contributed by atoms with Gasteiger partial charge in [-0.15, -0.1) is 11.6 Å². The topological polar surface area (TPSA) is 103 Å². The molecule has 0 saturated heterocycles. The van der Waals surface area contributed by atoms with Gasteiger partial charge in [0, 0.05) is 19.5 Å². The molecule has 1 amide bonds. The predicted octanol–water partition coefficient (Wildman–Crippen LogP) is 0.114.